The molecule has 0 fully saturated rings. The van der Waals surface area contributed by atoms with Crippen LogP contribution < -0.4 is 0 Å². The van der Waals surface area contributed by atoms with E-state index in [2.05, 4.69) is 74.6 Å². The van der Waals surface area contributed by atoms with Crippen LogP contribution in [0.3, 0.4) is 0 Å². The molecule has 15 rings (SSSR count). The van der Waals surface area contributed by atoms with Gasteiger partial charge in [-0.3, -0.25) is 0 Å². The van der Waals surface area contributed by atoms with E-state index in [9.17, 15) is 31.6 Å². The minimum atomic E-state index is 0.0949. The standard InChI is InChI=1S/C87H37N17/c1-94-63-37-62(49-93)83(74(43-63)99-6)58-24-29-79-66(41-58)65-39-57(82-61(48-92)32-51(45-89)34-71(82)96-3)23-28-78(65)104(79)80-26-21-55(38-69(80)87-101-85(53-15-9-7-10-16-53)100-86(102-87)54-17-11-8-12-18-54)64-19-13-14-20-75(64)103-76-27-22-56(81-60(47-91)31-50(44-88)33-70(81)95-2)40-67(76)68-42-59(25-30-77(68)103)84-72(97-4)35-52(46-90)36-73(84)98-5/h7-43H. The highest BCUT2D eigenvalue weighted by Gasteiger charge is 2.27. The highest BCUT2D eigenvalue weighted by atomic mass is 15.1. The van der Waals surface area contributed by atoms with Gasteiger partial charge in [0.15, 0.2) is 51.6 Å². The quantitative estimate of drug-likeness (QED) is 0.119. The third-order valence-electron chi connectivity index (χ3n) is 18.2. The van der Waals surface area contributed by atoms with Crippen molar-refractivity contribution in [1.29, 1.82) is 31.6 Å². The van der Waals surface area contributed by atoms with Gasteiger partial charge in [-0.2, -0.15) is 31.6 Å². The van der Waals surface area contributed by atoms with E-state index in [-0.39, 0.29) is 73.3 Å². The van der Waals surface area contributed by atoms with Gasteiger partial charge < -0.3 is 9.13 Å². The van der Waals surface area contributed by atoms with Gasteiger partial charge in [0.1, 0.15) is 0 Å². The smallest absolute Gasteiger partial charge is 0.197 e. The zero-order valence-corrected chi connectivity index (χ0v) is 54.0. The predicted molar refractivity (Wildman–Crippen MR) is 398 cm³/mol. The average molecular weight is 1320 g/mol. The summed E-state index contributed by atoms with van der Waals surface area (Å²) in [5.74, 6) is 1.04. The van der Waals surface area contributed by atoms with Crippen molar-refractivity contribution < 1.29 is 0 Å². The Morgan fingerprint density at radius 2 is 0.615 bits per heavy atom. The van der Waals surface area contributed by atoms with Crippen LogP contribution in [-0.4, -0.2) is 24.1 Å². The van der Waals surface area contributed by atoms with Crippen molar-refractivity contribution in [2.45, 2.75) is 0 Å². The Morgan fingerprint density at radius 1 is 0.269 bits per heavy atom. The lowest BCUT2D eigenvalue weighted by Gasteiger charge is -2.18. The Kier molecular flexibility index (Phi) is 15.8. The van der Waals surface area contributed by atoms with Crippen LogP contribution in [0.4, 0.5) is 34.1 Å². The molecule has 0 aliphatic heterocycles. The molecule has 0 bridgehead atoms. The Labute approximate surface area is 594 Å². The fourth-order valence-electron chi connectivity index (χ4n) is 13.8. The molecule has 0 N–H and O–H groups in total. The van der Waals surface area contributed by atoms with Gasteiger partial charge in [-0.1, -0.05) is 115 Å². The van der Waals surface area contributed by atoms with E-state index in [0.29, 0.717) is 133 Å². The number of nitriles is 6. The third kappa shape index (κ3) is 10.5. The van der Waals surface area contributed by atoms with Gasteiger partial charge in [0.05, 0.1) is 120 Å². The van der Waals surface area contributed by atoms with Gasteiger partial charge in [0.25, 0.3) is 0 Å². The number of benzene rings is 12. The molecule has 3 heterocycles. The first-order chi connectivity index (χ1) is 51.0. The molecule has 17 nitrogen and oxygen atoms in total. The molecule has 0 spiro atoms. The summed E-state index contributed by atoms with van der Waals surface area (Å²) in [7, 11) is 0. The van der Waals surface area contributed by atoms with E-state index in [1.54, 1.807) is 0 Å². The Bertz CT molecular complexity index is 6390. The van der Waals surface area contributed by atoms with Crippen LogP contribution in [0, 0.1) is 107 Å². The van der Waals surface area contributed by atoms with Crippen LogP contribution in [0.5, 0.6) is 0 Å². The lowest BCUT2D eigenvalue weighted by molar-refractivity contribution is 1.06. The van der Waals surface area contributed by atoms with Gasteiger partial charge in [-0.05, 0) is 143 Å². The number of para-hydroxylation sites is 1. The largest absolute Gasteiger partial charge is 0.309 e. The summed E-state index contributed by atoms with van der Waals surface area (Å²) in [6.45, 7) is 49.1. The topological polar surface area (TPSA) is 217 Å². The minimum absolute atomic E-state index is 0.0949. The van der Waals surface area contributed by atoms with E-state index < -0.39 is 0 Å². The Hall–Kier alpha value is -16.9. The Morgan fingerprint density at radius 3 is 1.02 bits per heavy atom. The summed E-state index contributed by atoms with van der Waals surface area (Å²) in [6, 6.07) is 80.1. The molecule has 15 aromatic rings. The Balaban J connectivity index is 1.03. The zero-order chi connectivity index (χ0) is 71.9. The summed E-state index contributed by atoms with van der Waals surface area (Å²) in [5, 5.41) is 64.4. The van der Waals surface area contributed by atoms with Crippen LogP contribution in [0.15, 0.2) is 224 Å². The highest BCUT2D eigenvalue weighted by molar-refractivity contribution is 6.15. The monoisotopic (exact) mass is 1320 g/mol. The highest BCUT2D eigenvalue weighted by Crippen LogP contribution is 2.49. The second kappa shape index (κ2) is 25.9. The molecule has 12 aromatic carbocycles. The molecule has 0 unspecified atom stereocenters. The lowest BCUT2D eigenvalue weighted by atomic mass is 9.94. The summed E-state index contributed by atoms with van der Waals surface area (Å²) in [5.41, 5.74) is 12.2. The van der Waals surface area contributed by atoms with E-state index in [4.69, 9.17) is 54.4 Å². The lowest BCUT2D eigenvalue weighted by Crippen LogP contribution is -2.04. The van der Waals surface area contributed by atoms with Crippen LogP contribution >= 0.6 is 0 Å². The second-order valence-corrected chi connectivity index (χ2v) is 23.8. The van der Waals surface area contributed by atoms with Gasteiger partial charge in [-0.25, -0.2) is 44.0 Å². The summed E-state index contributed by atoms with van der Waals surface area (Å²) in [6.07, 6.45) is 0. The molecule has 104 heavy (non-hydrogen) atoms. The first-order valence-corrected chi connectivity index (χ1v) is 31.7. The number of nitrogens with zero attached hydrogens (tertiary/aromatic N) is 17. The summed E-state index contributed by atoms with van der Waals surface area (Å²) >= 11 is 0. The second-order valence-electron chi connectivity index (χ2n) is 23.8. The van der Waals surface area contributed by atoms with Gasteiger partial charge >= 0.3 is 0 Å². The molecular formula is C87H37N17. The van der Waals surface area contributed by atoms with Crippen LogP contribution in [0.1, 0.15) is 33.4 Å². The van der Waals surface area contributed by atoms with Gasteiger partial charge in [0.2, 0.25) is 0 Å². The maximum atomic E-state index is 10.6. The van der Waals surface area contributed by atoms with Crippen molar-refractivity contribution in [3.8, 4) is 138 Å². The number of hydrogen-bond donors (Lipinski definition) is 0. The molecule has 0 saturated carbocycles. The van der Waals surface area contributed by atoms with E-state index in [0.717, 1.165) is 5.56 Å². The summed E-state index contributed by atoms with van der Waals surface area (Å²) in [4.78, 5) is 38.4. The van der Waals surface area contributed by atoms with Crippen molar-refractivity contribution >= 4 is 77.7 Å². The number of rotatable bonds is 10. The van der Waals surface area contributed by atoms with E-state index >= 15 is 0 Å². The number of fused-ring (bicyclic) bond motifs is 6. The molecule has 0 saturated heterocycles. The number of hydrogen-bond acceptors (Lipinski definition) is 9. The molecule has 17 heteroatoms. The first kappa shape index (κ1) is 63.2. The molecule has 0 atom stereocenters. The van der Waals surface area contributed by atoms with Gasteiger partial charge in [-0.15, -0.1) is 0 Å². The number of aromatic nitrogens is 5. The average Bonchev–Trinajstić information content (AvgIpc) is 1.57. The van der Waals surface area contributed by atoms with Crippen molar-refractivity contribution in [3.05, 3.63) is 326 Å². The predicted octanol–water partition coefficient (Wildman–Crippen LogP) is 21.9. The fraction of sp³-hybridized carbons (Fsp3) is 0. The maximum Gasteiger partial charge on any atom is 0.197 e. The first-order valence-electron chi connectivity index (χ1n) is 31.7. The third-order valence-corrected chi connectivity index (χ3v) is 18.2. The van der Waals surface area contributed by atoms with Gasteiger partial charge in [0, 0.05) is 82.7 Å². The molecule has 0 aliphatic rings. The molecule has 0 radical (unpaired) electrons. The molecule has 3 aromatic heterocycles. The molecule has 470 valence electrons. The van der Waals surface area contributed by atoms with Crippen molar-refractivity contribution in [2.24, 2.45) is 0 Å². The van der Waals surface area contributed by atoms with Crippen LogP contribution in [-0.2, 0) is 0 Å². The molecular weight excluding hydrogens is 1280 g/mol. The molecule has 0 aliphatic carbocycles. The fourth-order valence-corrected chi connectivity index (χ4v) is 13.8. The summed E-state index contributed by atoms with van der Waals surface area (Å²) < 4.78 is 4.18. The SMILES string of the molecule is [C-]#[N+]c1cc(C#N)c(-c2ccc3c(c2)c2cc(-c4c(C#N)cc(C#N)cc4[N+]#[C-])ccc2n3-c2ccc(-c3ccccc3-n3c4ccc(-c5c(C#N)cc(C#N)cc5[N+]#[C-])cc4c4cc(-c5c([N+]#[C-])cc(C#N)cc5[N+]#[C-])ccc43)cc2-c2nc(-c3ccccc3)nc(-c3ccccc3)n2)c([N+]#[C-])c1. The van der Waals surface area contributed by atoms with Crippen molar-refractivity contribution in [3.63, 3.8) is 0 Å². The zero-order valence-electron chi connectivity index (χ0n) is 54.0. The molecule has 0 amide bonds. The van der Waals surface area contributed by atoms with E-state index in [1.165, 1.54) is 48.5 Å². The van der Waals surface area contributed by atoms with Crippen molar-refractivity contribution in [1.82, 2.24) is 24.1 Å². The van der Waals surface area contributed by atoms with Crippen LogP contribution in [0.2, 0.25) is 0 Å². The van der Waals surface area contributed by atoms with E-state index in [1.807, 2.05) is 176 Å². The maximum absolute atomic E-state index is 10.6. The van der Waals surface area contributed by atoms with Crippen LogP contribution in [0.25, 0.3) is 174 Å². The van der Waals surface area contributed by atoms with Crippen molar-refractivity contribution in [2.75, 3.05) is 0 Å². The normalized spacial score (nSPS) is 10.6. The minimum Gasteiger partial charge on any atom is -0.309 e.